The van der Waals surface area contributed by atoms with Crippen molar-refractivity contribution in [1.29, 1.82) is 0 Å². The van der Waals surface area contributed by atoms with Gasteiger partial charge in [-0.05, 0) is 52.0 Å². The Balaban J connectivity index is 2.70. The predicted molar refractivity (Wildman–Crippen MR) is 62.8 cm³/mol. The first-order valence-electron chi connectivity index (χ1n) is 5.38. The summed E-state index contributed by atoms with van der Waals surface area (Å²) in [5, 5.41) is 0. The molecule has 0 heterocycles. The average Bonchev–Trinajstić information content (AvgIpc) is 2.16. The Kier molecular flexibility index (Phi) is 3.93. The van der Waals surface area contributed by atoms with E-state index in [0.29, 0.717) is 12.2 Å². The van der Waals surface area contributed by atoms with E-state index in [9.17, 15) is 4.79 Å². The van der Waals surface area contributed by atoms with Crippen molar-refractivity contribution >= 4 is 5.97 Å². The fourth-order valence-electron chi connectivity index (χ4n) is 1.19. The summed E-state index contributed by atoms with van der Waals surface area (Å²) in [6.45, 7) is 8.08. The minimum atomic E-state index is -0.463. The van der Waals surface area contributed by atoms with Gasteiger partial charge in [-0.3, -0.25) is 0 Å². The second-order valence-electron chi connectivity index (χ2n) is 4.46. The van der Waals surface area contributed by atoms with Gasteiger partial charge in [0.25, 0.3) is 0 Å². The second kappa shape index (κ2) is 5.01. The van der Waals surface area contributed by atoms with Crippen molar-refractivity contribution in [3.05, 3.63) is 29.8 Å². The van der Waals surface area contributed by atoms with Crippen molar-refractivity contribution in [2.24, 2.45) is 0 Å². The first-order chi connectivity index (χ1) is 7.42. The van der Waals surface area contributed by atoms with Crippen LogP contribution in [0.3, 0.4) is 0 Å². The molecule has 1 aromatic carbocycles. The molecule has 0 bridgehead atoms. The lowest BCUT2D eigenvalue weighted by Gasteiger charge is -2.19. The molecule has 0 fully saturated rings. The van der Waals surface area contributed by atoms with E-state index in [1.165, 1.54) is 0 Å². The van der Waals surface area contributed by atoms with Crippen LogP contribution in [0.25, 0.3) is 0 Å². The van der Waals surface area contributed by atoms with Gasteiger partial charge in [-0.2, -0.15) is 0 Å². The summed E-state index contributed by atoms with van der Waals surface area (Å²) in [6.07, 6.45) is 0. The van der Waals surface area contributed by atoms with Crippen LogP contribution in [0, 0.1) is 0 Å². The normalized spacial score (nSPS) is 11.0. The van der Waals surface area contributed by atoms with Crippen LogP contribution in [0.1, 0.15) is 38.1 Å². The van der Waals surface area contributed by atoms with Crippen LogP contribution >= 0.6 is 0 Å². The summed E-state index contributed by atoms with van der Waals surface area (Å²) in [6, 6.07) is 6.95. The lowest BCUT2D eigenvalue weighted by Crippen LogP contribution is -2.23. The molecule has 88 valence electrons. The van der Waals surface area contributed by atoms with E-state index in [2.05, 4.69) is 0 Å². The van der Waals surface area contributed by atoms with Crippen molar-refractivity contribution in [3.8, 4) is 5.75 Å². The third-order valence-electron chi connectivity index (χ3n) is 1.80. The van der Waals surface area contributed by atoms with Crippen LogP contribution in [-0.4, -0.2) is 18.2 Å². The fourth-order valence-corrected chi connectivity index (χ4v) is 1.19. The van der Waals surface area contributed by atoms with Gasteiger partial charge < -0.3 is 9.47 Å². The maximum Gasteiger partial charge on any atom is 0.338 e. The Morgan fingerprint density at radius 1 is 1.19 bits per heavy atom. The van der Waals surface area contributed by atoms with Gasteiger partial charge >= 0.3 is 5.97 Å². The molecular weight excluding hydrogens is 204 g/mol. The van der Waals surface area contributed by atoms with Crippen molar-refractivity contribution in [2.45, 2.75) is 33.3 Å². The maximum absolute atomic E-state index is 11.7. The van der Waals surface area contributed by atoms with Gasteiger partial charge in [0.05, 0.1) is 12.2 Å². The molecule has 0 unspecified atom stereocenters. The van der Waals surface area contributed by atoms with E-state index >= 15 is 0 Å². The molecule has 0 atom stereocenters. The third-order valence-corrected chi connectivity index (χ3v) is 1.80. The van der Waals surface area contributed by atoms with Crippen LogP contribution < -0.4 is 4.74 Å². The highest BCUT2D eigenvalue weighted by Crippen LogP contribution is 2.15. The third kappa shape index (κ3) is 3.93. The molecule has 0 radical (unpaired) electrons. The Labute approximate surface area is 96.4 Å². The molecule has 0 spiro atoms. The number of hydrogen-bond donors (Lipinski definition) is 0. The zero-order valence-electron chi connectivity index (χ0n) is 10.2. The highest BCUT2D eigenvalue weighted by atomic mass is 16.6. The summed E-state index contributed by atoms with van der Waals surface area (Å²) in [5.74, 6) is 0.449. The Morgan fingerprint density at radius 2 is 1.75 bits per heavy atom. The smallest absolute Gasteiger partial charge is 0.338 e. The molecule has 16 heavy (non-hydrogen) atoms. The molecule has 0 saturated carbocycles. The number of carbonyl (C=O) groups is 1. The monoisotopic (exact) mass is 222 g/mol. The second-order valence-corrected chi connectivity index (χ2v) is 4.46. The van der Waals surface area contributed by atoms with Crippen LogP contribution in [0.15, 0.2) is 24.3 Å². The fraction of sp³-hybridized carbons (Fsp3) is 0.462. The Morgan fingerprint density at radius 3 is 2.19 bits per heavy atom. The van der Waals surface area contributed by atoms with E-state index < -0.39 is 5.60 Å². The molecule has 0 aromatic heterocycles. The summed E-state index contributed by atoms with van der Waals surface area (Å²) >= 11 is 0. The lowest BCUT2D eigenvalue weighted by molar-refractivity contribution is 0.00695. The van der Waals surface area contributed by atoms with E-state index in [1.807, 2.05) is 27.7 Å². The summed E-state index contributed by atoms with van der Waals surface area (Å²) in [4.78, 5) is 11.7. The number of benzene rings is 1. The van der Waals surface area contributed by atoms with E-state index in [4.69, 9.17) is 9.47 Å². The Hall–Kier alpha value is -1.51. The van der Waals surface area contributed by atoms with Gasteiger partial charge in [0.15, 0.2) is 0 Å². The van der Waals surface area contributed by atoms with Gasteiger partial charge in [-0.15, -0.1) is 0 Å². The highest BCUT2D eigenvalue weighted by Gasteiger charge is 2.17. The van der Waals surface area contributed by atoms with E-state index in [1.54, 1.807) is 24.3 Å². The first kappa shape index (κ1) is 12.6. The quantitative estimate of drug-likeness (QED) is 0.737. The molecule has 3 heteroatoms. The minimum absolute atomic E-state index is 0.310. The van der Waals surface area contributed by atoms with E-state index in [0.717, 1.165) is 5.75 Å². The average molecular weight is 222 g/mol. The molecule has 1 rings (SSSR count). The van der Waals surface area contributed by atoms with Crippen LogP contribution in [0.5, 0.6) is 5.75 Å². The number of rotatable bonds is 3. The van der Waals surface area contributed by atoms with Gasteiger partial charge in [0.1, 0.15) is 11.4 Å². The van der Waals surface area contributed by atoms with Crippen LogP contribution in [-0.2, 0) is 4.74 Å². The van der Waals surface area contributed by atoms with Crippen molar-refractivity contribution in [2.75, 3.05) is 6.61 Å². The van der Waals surface area contributed by atoms with Gasteiger partial charge in [-0.25, -0.2) is 4.79 Å². The largest absolute Gasteiger partial charge is 0.494 e. The molecule has 1 aromatic rings. The zero-order valence-corrected chi connectivity index (χ0v) is 10.2. The lowest BCUT2D eigenvalue weighted by atomic mass is 10.1. The molecule has 0 amide bonds. The molecule has 0 aliphatic heterocycles. The topological polar surface area (TPSA) is 35.5 Å². The van der Waals surface area contributed by atoms with Gasteiger partial charge in [0.2, 0.25) is 0 Å². The number of ether oxygens (including phenoxy) is 2. The van der Waals surface area contributed by atoms with Crippen molar-refractivity contribution < 1.29 is 14.3 Å². The number of esters is 1. The standard InChI is InChI=1S/C13H18O3/c1-5-15-11-8-6-10(7-9-11)12(14)16-13(2,3)4/h6-9H,5H2,1-4H3. The van der Waals surface area contributed by atoms with Crippen molar-refractivity contribution in [1.82, 2.24) is 0 Å². The molecule has 0 aliphatic carbocycles. The summed E-state index contributed by atoms with van der Waals surface area (Å²) in [7, 11) is 0. The minimum Gasteiger partial charge on any atom is -0.494 e. The predicted octanol–water partition coefficient (Wildman–Crippen LogP) is 3.04. The molecule has 3 nitrogen and oxygen atoms in total. The van der Waals surface area contributed by atoms with Crippen LogP contribution in [0.4, 0.5) is 0 Å². The first-order valence-corrected chi connectivity index (χ1v) is 5.38. The van der Waals surface area contributed by atoms with Crippen LogP contribution in [0.2, 0.25) is 0 Å². The van der Waals surface area contributed by atoms with Gasteiger partial charge in [-0.1, -0.05) is 0 Å². The molecule has 0 aliphatic rings. The molecular formula is C13H18O3. The zero-order chi connectivity index (χ0) is 12.2. The molecule has 0 saturated heterocycles. The molecule has 0 N–H and O–H groups in total. The summed E-state index contributed by atoms with van der Waals surface area (Å²) in [5.41, 5.74) is 0.0775. The van der Waals surface area contributed by atoms with E-state index in [-0.39, 0.29) is 5.97 Å². The summed E-state index contributed by atoms with van der Waals surface area (Å²) < 4.78 is 10.5. The maximum atomic E-state index is 11.7. The Bertz CT molecular complexity index is 346. The van der Waals surface area contributed by atoms with Gasteiger partial charge in [0, 0.05) is 0 Å². The number of carbonyl (C=O) groups excluding carboxylic acids is 1. The SMILES string of the molecule is CCOc1ccc(C(=O)OC(C)(C)C)cc1. The van der Waals surface area contributed by atoms with Crippen molar-refractivity contribution in [3.63, 3.8) is 0 Å². The number of hydrogen-bond acceptors (Lipinski definition) is 3. The highest BCUT2D eigenvalue weighted by molar-refractivity contribution is 5.89.